The summed E-state index contributed by atoms with van der Waals surface area (Å²) in [5, 5.41) is 36.3. The van der Waals surface area contributed by atoms with Gasteiger partial charge in [0.05, 0.1) is 77.5 Å². The molecule has 20 heteroatoms. The van der Waals surface area contributed by atoms with Gasteiger partial charge in [0.25, 0.3) is 0 Å². The molecular weight excluding hydrogens is 831 g/mol. The predicted octanol–water partition coefficient (Wildman–Crippen LogP) is 0.199. The average Bonchev–Trinajstić information content (AvgIpc) is 3.76. The number of aliphatic hydroxyl groups excluding tert-OH is 1. The Morgan fingerprint density at radius 2 is 1.49 bits per heavy atom. The number of ether oxygens (including phenoxy) is 4. The molecule has 0 bridgehead atoms. The van der Waals surface area contributed by atoms with Crippen molar-refractivity contribution in [3.05, 3.63) is 18.1 Å². The van der Waals surface area contributed by atoms with Crippen molar-refractivity contribution in [1.29, 1.82) is 0 Å². The van der Waals surface area contributed by atoms with Crippen LogP contribution >= 0.6 is 81.3 Å². The monoisotopic (exact) mass is 873 g/mol. The molecule has 1 aliphatic heterocycles. The van der Waals surface area contributed by atoms with Gasteiger partial charge in [-0.05, 0) is 6.92 Å². The molecule has 3 rings (SSSR count). The van der Waals surface area contributed by atoms with E-state index in [2.05, 4.69) is 104 Å². The third-order valence-electron chi connectivity index (χ3n) is 3.68. The number of aromatic nitrogens is 6. The Hall–Kier alpha value is 0.990. The van der Waals surface area contributed by atoms with Gasteiger partial charge in [0.15, 0.2) is 0 Å². The fourth-order valence-corrected chi connectivity index (χ4v) is 4.19. The number of alkyl halides is 2. The van der Waals surface area contributed by atoms with E-state index in [9.17, 15) is 0 Å². The number of rotatable bonds is 19. The van der Waals surface area contributed by atoms with Gasteiger partial charge >= 0.3 is 29.6 Å². The fourth-order valence-electron chi connectivity index (χ4n) is 2.07. The Morgan fingerprint density at radius 1 is 0.927 bits per heavy atom. The van der Waals surface area contributed by atoms with E-state index in [1.54, 1.807) is 42.8 Å². The zero-order valence-electron chi connectivity index (χ0n) is 24.6. The summed E-state index contributed by atoms with van der Waals surface area (Å²) in [6.45, 7) is 8.43. The van der Waals surface area contributed by atoms with Crippen LogP contribution in [-0.4, -0.2) is 128 Å². The number of nitrogens with zero attached hydrogens (tertiary/aromatic N) is 6. The first-order valence-electron chi connectivity index (χ1n) is 12.4. The summed E-state index contributed by atoms with van der Waals surface area (Å²) in [6, 6.07) is 0. The van der Waals surface area contributed by atoms with Crippen LogP contribution in [0, 0.1) is 0 Å². The summed E-state index contributed by atoms with van der Waals surface area (Å²) in [7, 11) is 0. The Labute approximate surface area is 307 Å². The molecule has 14 nitrogen and oxygen atoms in total. The molecule has 234 valence electrons. The Morgan fingerprint density at radius 3 is 1.93 bits per heavy atom. The summed E-state index contributed by atoms with van der Waals surface area (Å²) in [6.07, 6.45) is 3.43. The molecule has 2 aromatic rings. The van der Waals surface area contributed by atoms with Crippen molar-refractivity contribution in [2.24, 2.45) is 10.3 Å². The van der Waals surface area contributed by atoms with E-state index in [4.69, 9.17) is 24.1 Å². The van der Waals surface area contributed by atoms with Crippen LogP contribution in [0.2, 0.25) is 0 Å². The Kier molecular flexibility index (Phi) is 40.0. The molecule has 0 saturated carbocycles. The quantitative estimate of drug-likeness (QED) is 0.0325. The molecule has 1 aliphatic rings. The van der Waals surface area contributed by atoms with Crippen LogP contribution < -0.4 is 35.0 Å². The summed E-state index contributed by atoms with van der Waals surface area (Å²) in [5.74, 6) is 2.66. The first kappa shape index (κ1) is 44.1. The third kappa shape index (κ3) is 33.7. The third-order valence-corrected chi connectivity index (χ3v) is 6.65. The van der Waals surface area contributed by atoms with Gasteiger partial charge in [-0.1, -0.05) is 50.4 Å². The van der Waals surface area contributed by atoms with Crippen molar-refractivity contribution < 1.29 is 55.0 Å². The van der Waals surface area contributed by atoms with Crippen molar-refractivity contribution in [3.63, 3.8) is 0 Å². The molecule has 0 fully saturated rings. The van der Waals surface area contributed by atoms with Gasteiger partial charge in [-0.3, -0.25) is 5.43 Å². The molecule has 0 radical (unpaired) electrons. The average molecular weight is 874 g/mol. The minimum Gasteiger partial charge on any atom is -1.00 e. The van der Waals surface area contributed by atoms with Crippen molar-refractivity contribution >= 4 is 81.3 Å². The zero-order chi connectivity index (χ0) is 29.4. The smallest absolute Gasteiger partial charge is 1.00 e. The SMILES string of the molecule is CCO.ICCOCCOCCI.SC1CN=NN1.[H-].[Na+].c1n[nH]nc1CSCCOCCOCCSc1cn[nH]n1. The summed E-state index contributed by atoms with van der Waals surface area (Å²) < 4.78 is 23.5. The number of halogens is 2. The van der Waals surface area contributed by atoms with Crippen LogP contribution in [0.3, 0.4) is 0 Å². The molecule has 4 N–H and O–H groups in total. The maximum atomic E-state index is 7.57. The predicted molar refractivity (Wildman–Crippen MR) is 180 cm³/mol. The number of thioether (sulfide) groups is 2. The molecule has 0 aliphatic carbocycles. The van der Waals surface area contributed by atoms with Gasteiger partial charge in [0.1, 0.15) is 10.4 Å². The van der Waals surface area contributed by atoms with Crippen molar-refractivity contribution in [2.45, 2.75) is 23.1 Å². The number of nitrogens with one attached hydrogen (secondary N) is 3. The summed E-state index contributed by atoms with van der Waals surface area (Å²) >= 11 is 12.0. The molecule has 1 atom stereocenters. The summed E-state index contributed by atoms with van der Waals surface area (Å²) in [5.41, 5.74) is 3.61. The van der Waals surface area contributed by atoms with E-state index < -0.39 is 0 Å². The summed E-state index contributed by atoms with van der Waals surface area (Å²) in [4.78, 5) is 0. The molecule has 0 aromatic carbocycles. The van der Waals surface area contributed by atoms with Crippen LogP contribution in [0.4, 0.5) is 0 Å². The number of thiol groups is 1. The molecule has 0 amide bonds. The number of hydrogen-bond donors (Lipinski definition) is 5. The largest absolute Gasteiger partial charge is 1.00 e. The number of aromatic amines is 2. The minimum absolute atomic E-state index is 0. The van der Waals surface area contributed by atoms with Crippen LogP contribution in [-0.2, 0) is 24.7 Å². The van der Waals surface area contributed by atoms with Gasteiger partial charge in [0.2, 0.25) is 0 Å². The van der Waals surface area contributed by atoms with Crippen LogP contribution in [0.15, 0.2) is 27.8 Å². The van der Waals surface area contributed by atoms with Crippen LogP contribution in [0.1, 0.15) is 14.0 Å². The number of hydrogen-bond acceptors (Lipinski definition) is 15. The second-order valence-electron chi connectivity index (χ2n) is 6.88. The second kappa shape index (κ2) is 37.2. The van der Waals surface area contributed by atoms with Crippen LogP contribution in [0.25, 0.3) is 0 Å². The van der Waals surface area contributed by atoms with Gasteiger partial charge < -0.3 is 25.5 Å². The van der Waals surface area contributed by atoms with Crippen molar-refractivity contribution in [1.82, 2.24) is 36.2 Å². The molecular formula is C21H42I2N9NaO5S3. The second-order valence-corrected chi connectivity index (χ2v) is 11.9. The van der Waals surface area contributed by atoms with E-state index in [1.807, 2.05) is 0 Å². The fraction of sp³-hybridized carbons (Fsp3) is 0.810. The van der Waals surface area contributed by atoms with Crippen molar-refractivity contribution in [3.8, 4) is 0 Å². The van der Waals surface area contributed by atoms with E-state index in [-0.39, 0.29) is 43.0 Å². The maximum Gasteiger partial charge on any atom is 1.00 e. The topological polar surface area (TPSA) is 177 Å². The first-order chi connectivity index (χ1) is 19.7. The van der Waals surface area contributed by atoms with E-state index >= 15 is 0 Å². The molecule has 41 heavy (non-hydrogen) atoms. The molecule has 3 heterocycles. The molecule has 0 spiro atoms. The van der Waals surface area contributed by atoms with Gasteiger partial charge in [-0.2, -0.15) is 55.2 Å². The normalized spacial score (nSPS) is 13.0. The zero-order valence-corrected chi connectivity index (χ0v) is 32.5. The number of aliphatic hydroxyl groups is 1. The Balaban J connectivity index is -0.000000603. The van der Waals surface area contributed by atoms with Crippen LogP contribution in [0.5, 0.6) is 0 Å². The van der Waals surface area contributed by atoms with Gasteiger partial charge in [0, 0.05) is 32.7 Å². The van der Waals surface area contributed by atoms with E-state index in [0.29, 0.717) is 26.4 Å². The Bertz CT molecular complexity index is 716. The molecule has 0 saturated heterocycles. The van der Waals surface area contributed by atoms with Gasteiger partial charge in [-0.25, -0.2) is 0 Å². The number of H-pyrrole nitrogens is 2. The van der Waals surface area contributed by atoms with E-state index in [1.165, 1.54) is 0 Å². The molecule has 2 aromatic heterocycles. The first-order valence-corrected chi connectivity index (χ1v) is 18.1. The molecule has 1 unspecified atom stereocenters. The maximum absolute atomic E-state index is 7.57. The van der Waals surface area contributed by atoms with E-state index in [0.717, 1.165) is 69.9 Å². The van der Waals surface area contributed by atoms with Crippen molar-refractivity contribution in [2.75, 3.05) is 86.4 Å². The standard InChI is InChI=1S/C11H18N6O2S2.C6H12I2O2.C2H5N3S.C2H6O.Na.H/c1(2-19-4-6-21-11-8-13-17-15-11)18-3-5-20-9-10-7-12-16-14-10;7-1-3-9-5-6-10-4-2-8;6-2-1-3-5-4-2;1-2-3;;/h7-8H,1-6,9H2,(H,12,14,16)(H,13,15,17);1-6H2;2,6H,1H2,(H,3,4);3H,2H2,1H3;;/q;;;;+1;-1. The minimum atomic E-state index is 0. The van der Waals surface area contributed by atoms with Gasteiger partial charge in [-0.15, -0.1) is 16.9 Å².